The van der Waals surface area contributed by atoms with Gasteiger partial charge in [0.05, 0.1) is 11.0 Å². The van der Waals surface area contributed by atoms with Crippen molar-refractivity contribution in [1.82, 2.24) is 5.32 Å². The normalized spacial score (nSPS) is 25.3. The number of nitrogens with one attached hydrogen (secondary N) is 1. The van der Waals surface area contributed by atoms with Crippen LogP contribution in [0, 0.1) is 5.41 Å². The number of carboxylic acid groups (broad SMARTS) is 1. The van der Waals surface area contributed by atoms with Crippen LogP contribution >= 0.6 is 15.9 Å². The van der Waals surface area contributed by atoms with E-state index < -0.39 is 23.3 Å². The number of carbonyl (C=O) groups is 2. The van der Waals surface area contributed by atoms with E-state index in [4.69, 9.17) is 0 Å². The Morgan fingerprint density at radius 2 is 2.10 bits per heavy atom. The number of aromatic hydroxyl groups is 1. The molecule has 0 spiro atoms. The molecule has 1 aliphatic rings. The van der Waals surface area contributed by atoms with Gasteiger partial charge in [-0.2, -0.15) is 0 Å². The monoisotopic (exact) mass is 355 g/mol. The topological polar surface area (TPSA) is 86.6 Å². The zero-order chi connectivity index (χ0) is 15.6. The van der Waals surface area contributed by atoms with Crippen molar-refractivity contribution in [3.63, 3.8) is 0 Å². The van der Waals surface area contributed by atoms with Crippen LogP contribution in [0.2, 0.25) is 0 Å². The average Bonchev–Trinajstić information content (AvgIpc) is 2.41. The third-order valence-electron chi connectivity index (χ3n) is 4.21. The van der Waals surface area contributed by atoms with Gasteiger partial charge in [0.15, 0.2) is 0 Å². The summed E-state index contributed by atoms with van der Waals surface area (Å²) in [6.45, 7) is 1.67. The van der Waals surface area contributed by atoms with E-state index in [0.29, 0.717) is 17.3 Å². The van der Waals surface area contributed by atoms with Crippen LogP contribution in [0.1, 0.15) is 43.0 Å². The number of hydrogen-bond donors (Lipinski definition) is 3. The fourth-order valence-electron chi connectivity index (χ4n) is 2.75. The van der Waals surface area contributed by atoms with Crippen molar-refractivity contribution in [3.8, 4) is 5.75 Å². The summed E-state index contributed by atoms with van der Waals surface area (Å²) in [6.07, 6.45) is 2.91. The third kappa shape index (κ3) is 3.20. The number of amides is 1. The molecule has 1 amide bonds. The molecule has 0 bridgehead atoms. The number of carboxylic acids is 1. The van der Waals surface area contributed by atoms with Gasteiger partial charge in [0.2, 0.25) is 0 Å². The largest absolute Gasteiger partial charge is 0.507 e. The predicted molar refractivity (Wildman–Crippen MR) is 81.3 cm³/mol. The minimum Gasteiger partial charge on any atom is -0.507 e. The van der Waals surface area contributed by atoms with E-state index >= 15 is 0 Å². The highest BCUT2D eigenvalue weighted by molar-refractivity contribution is 9.10. The van der Waals surface area contributed by atoms with Crippen LogP contribution in [0.25, 0.3) is 0 Å². The SMILES string of the molecule is CC1(C(=O)O)CCCCC1NC(=O)c1ccc(Br)cc1O. The van der Waals surface area contributed by atoms with Crippen molar-refractivity contribution in [2.45, 2.75) is 38.6 Å². The fourth-order valence-corrected chi connectivity index (χ4v) is 3.10. The number of phenols is 1. The minimum atomic E-state index is -0.959. The van der Waals surface area contributed by atoms with Crippen LogP contribution in [-0.2, 0) is 4.79 Å². The van der Waals surface area contributed by atoms with Crippen LogP contribution in [0.5, 0.6) is 5.75 Å². The molecule has 0 aromatic heterocycles. The van der Waals surface area contributed by atoms with Gasteiger partial charge in [0, 0.05) is 10.5 Å². The van der Waals surface area contributed by atoms with Crippen LogP contribution < -0.4 is 5.32 Å². The Bertz CT molecular complexity index is 575. The van der Waals surface area contributed by atoms with E-state index in [9.17, 15) is 19.8 Å². The molecule has 1 aromatic rings. The van der Waals surface area contributed by atoms with Gasteiger partial charge in [-0.3, -0.25) is 9.59 Å². The second-order valence-corrected chi connectivity index (χ2v) is 6.57. The Morgan fingerprint density at radius 3 is 2.71 bits per heavy atom. The lowest BCUT2D eigenvalue weighted by atomic mass is 9.71. The number of carbonyl (C=O) groups excluding carboxylic acids is 1. The van der Waals surface area contributed by atoms with Gasteiger partial charge in [-0.25, -0.2) is 0 Å². The second kappa shape index (κ2) is 6.05. The van der Waals surface area contributed by atoms with Gasteiger partial charge in [-0.05, 0) is 38.0 Å². The molecular formula is C15H18BrNO4. The number of phenolic OH excluding ortho intramolecular Hbond substituents is 1. The Morgan fingerprint density at radius 1 is 1.38 bits per heavy atom. The van der Waals surface area contributed by atoms with Crippen molar-refractivity contribution in [2.24, 2.45) is 5.41 Å². The summed E-state index contributed by atoms with van der Waals surface area (Å²) in [6, 6.07) is 4.17. The van der Waals surface area contributed by atoms with Crippen molar-refractivity contribution in [2.75, 3.05) is 0 Å². The number of halogens is 1. The first-order valence-electron chi connectivity index (χ1n) is 6.87. The van der Waals surface area contributed by atoms with Crippen molar-refractivity contribution in [1.29, 1.82) is 0 Å². The summed E-state index contributed by atoms with van der Waals surface area (Å²) in [5, 5.41) is 22.0. The highest BCUT2D eigenvalue weighted by Gasteiger charge is 2.44. The Balaban J connectivity index is 2.19. The molecule has 5 nitrogen and oxygen atoms in total. The molecule has 3 N–H and O–H groups in total. The van der Waals surface area contributed by atoms with Crippen LogP contribution in [0.3, 0.4) is 0 Å². The Labute approximate surface area is 131 Å². The van der Waals surface area contributed by atoms with Gasteiger partial charge < -0.3 is 15.5 Å². The van der Waals surface area contributed by atoms with Gasteiger partial charge in [-0.15, -0.1) is 0 Å². The molecule has 114 valence electrons. The minimum absolute atomic E-state index is 0.130. The molecule has 6 heteroatoms. The molecule has 1 saturated carbocycles. The lowest BCUT2D eigenvalue weighted by Gasteiger charge is -2.38. The van der Waals surface area contributed by atoms with E-state index in [-0.39, 0.29) is 11.3 Å². The lowest BCUT2D eigenvalue weighted by Crippen LogP contribution is -2.52. The first-order valence-corrected chi connectivity index (χ1v) is 7.66. The molecule has 1 aromatic carbocycles. The first-order chi connectivity index (χ1) is 9.84. The smallest absolute Gasteiger partial charge is 0.311 e. The molecule has 21 heavy (non-hydrogen) atoms. The van der Waals surface area contributed by atoms with Crippen LogP contribution in [-0.4, -0.2) is 28.1 Å². The summed E-state index contributed by atoms with van der Waals surface area (Å²) < 4.78 is 0.671. The summed E-state index contributed by atoms with van der Waals surface area (Å²) in [5.41, 5.74) is -0.810. The summed E-state index contributed by atoms with van der Waals surface area (Å²) in [4.78, 5) is 23.8. The first kappa shape index (κ1) is 15.8. The van der Waals surface area contributed by atoms with Gasteiger partial charge in [-0.1, -0.05) is 28.8 Å². The van der Waals surface area contributed by atoms with E-state index in [1.54, 1.807) is 13.0 Å². The number of aliphatic carboxylic acids is 1. The molecule has 0 radical (unpaired) electrons. The molecule has 2 atom stereocenters. The summed E-state index contributed by atoms with van der Waals surface area (Å²) in [5.74, 6) is -1.47. The van der Waals surface area contributed by atoms with Crippen molar-refractivity contribution < 1.29 is 19.8 Å². The van der Waals surface area contributed by atoms with Gasteiger partial charge in [0.25, 0.3) is 5.91 Å². The maximum absolute atomic E-state index is 12.3. The summed E-state index contributed by atoms with van der Waals surface area (Å²) in [7, 11) is 0. The van der Waals surface area contributed by atoms with Crippen molar-refractivity contribution >= 4 is 27.8 Å². The van der Waals surface area contributed by atoms with Crippen LogP contribution in [0.4, 0.5) is 0 Å². The highest BCUT2D eigenvalue weighted by atomic mass is 79.9. The Hall–Kier alpha value is -1.56. The third-order valence-corrected chi connectivity index (χ3v) is 4.70. The molecule has 0 saturated heterocycles. The standard InChI is InChI=1S/C15H18BrNO4/c1-15(14(20)21)7-3-2-4-12(15)17-13(19)10-6-5-9(16)8-11(10)18/h5-6,8,12,18H,2-4,7H2,1H3,(H,17,19)(H,20,21). The average molecular weight is 356 g/mol. The van der Waals surface area contributed by atoms with Crippen molar-refractivity contribution in [3.05, 3.63) is 28.2 Å². The van der Waals surface area contributed by atoms with Gasteiger partial charge >= 0.3 is 5.97 Å². The summed E-state index contributed by atoms with van der Waals surface area (Å²) >= 11 is 3.21. The quantitative estimate of drug-likeness (QED) is 0.777. The molecule has 2 unspecified atom stereocenters. The van der Waals surface area contributed by atoms with E-state index in [2.05, 4.69) is 21.2 Å². The highest BCUT2D eigenvalue weighted by Crippen LogP contribution is 2.36. The maximum atomic E-state index is 12.3. The lowest BCUT2D eigenvalue weighted by molar-refractivity contribution is -0.151. The molecular weight excluding hydrogens is 338 g/mol. The van der Waals surface area contributed by atoms with E-state index in [1.165, 1.54) is 12.1 Å². The molecule has 1 aliphatic carbocycles. The molecule has 1 fully saturated rings. The zero-order valence-corrected chi connectivity index (χ0v) is 13.3. The molecule has 0 heterocycles. The molecule has 2 rings (SSSR count). The second-order valence-electron chi connectivity index (χ2n) is 5.66. The number of benzene rings is 1. The fraction of sp³-hybridized carbons (Fsp3) is 0.467. The van der Waals surface area contributed by atoms with E-state index in [0.717, 1.165) is 12.8 Å². The zero-order valence-electron chi connectivity index (χ0n) is 11.7. The van der Waals surface area contributed by atoms with Crippen LogP contribution in [0.15, 0.2) is 22.7 Å². The van der Waals surface area contributed by atoms with E-state index in [1.807, 2.05) is 0 Å². The number of rotatable bonds is 3. The molecule has 0 aliphatic heterocycles. The van der Waals surface area contributed by atoms with Gasteiger partial charge in [0.1, 0.15) is 5.75 Å². The maximum Gasteiger partial charge on any atom is 0.311 e. The predicted octanol–water partition coefficient (Wildman–Crippen LogP) is 2.92. The number of hydrogen-bond acceptors (Lipinski definition) is 3. The Kier molecular flexibility index (Phi) is 4.56.